The summed E-state index contributed by atoms with van der Waals surface area (Å²) >= 11 is 12.0. The van der Waals surface area contributed by atoms with Crippen molar-refractivity contribution in [1.82, 2.24) is 0 Å². The van der Waals surface area contributed by atoms with Crippen LogP contribution in [0.5, 0.6) is 5.75 Å². The molecule has 3 aromatic rings. The van der Waals surface area contributed by atoms with Gasteiger partial charge in [-0.05, 0) is 84.6 Å². The number of anilines is 1. The zero-order valence-electron chi connectivity index (χ0n) is 18.6. The molecule has 0 radical (unpaired) electrons. The van der Waals surface area contributed by atoms with Gasteiger partial charge in [-0.3, -0.25) is 4.79 Å². The third-order valence-corrected chi connectivity index (χ3v) is 5.71. The lowest BCUT2D eigenvalue weighted by Crippen LogP contribution is -2.14. The fourth-order valence-corrected chi connectivity index (χ4v) is 3.69. The van der Waals surface area contributed by atoms with Crippen molar-refractivity contribution in [2.24, 2.45) is 0 Å². The summed E-state index contributed by atoms with van der Waals surface area (Å²) in [7, 11) is 0. The van der Waals surface area contributed by atoms with Crippen molar-refractivity contribution in [3.63, 3.8) is 0 Å². The average molecular weight is 519 g/mol. The van der Waals surface area contributed by atoms with Crippen molar-refractivity contribution in [1.29, 1.82) is 5.26 Å². The van der Waals surface area contributed by atoms with E-state index in [1.54, 1.807) is 36.4 Å². The first kappa shape index (κ1) is 26.1. The molecule has 4 nitrogen and oxygen atoms in total. The summed E-state index contributed by atoms with van der Waals surface area (Å²) in [4.78, 5) is 12.5. The largest absolute Gasteiger partial charge is 0.488 e. The van der Waals surface area contributed by atoms with Crippen LogP contribution in [-0.2, 0) is 17.6 Å². The summed E-state index contributed by atoms with van der Waals surface area (Å²) in [5.41, 5.74) is 1.71. The van der Waals surface area contributed by atoms with Gasteiger partial charge in [-0.1, -0.05) is 35.3 Å². The molecule has 0 spiro atoms. The Balaban J connectivity index is 1.77. The van der Waals surface area contributed by atoms with E-state index in [0.29, 0.717) is 21.4 Å². The molecule has 1 N–H and O–H groups in total. The predicted molar refractivity (Wildman–Crippen MR) is 130 cm³/mol. The van der Waals surface area contributed by atoms with E-state index in [4.69, 9.17) is 27.9 Å². The molecule has 0 saturated heterocycles. The predicted octanol–water partition coefficient (Wildman–Crippen LogP) is 7.75. The highest BCUT2D eigenvalue weighted by Crippen LogP contribution is 2.31. The second kappa shape index (κ2) is 10.9. The van der Waals surface area contributed by atoms with Crippen molar-refractivity contribution in [3.05, 3.63) is 98.0 Å². The first-order chi connectivity index (χ1) is 16.5. The van der Waals surface area contributed by atoms with E-state index >= 15 is 0 Å². The van der Waals surface area contributed by atoms with Gasteiger partial charge in [0.15, 0.2) is 0 Å². The number of carbonyl (C=O) groups is 1. The molecule has 0 bridgehead atoms. The summed E-state index contributed by atoms with van der Waals surface area (Å²) in [5.74, 6) is -0.178. The quantitative estimate of drug-likeness (QED) is 0.268. The maximum absolute atomic E-state index is 12.9. The number of alkyl halides is 3. The lowest BCUT2D eigenvalue weighted by Gasteiger charge is -2.14. The smallest absolute Gasteiger partial charge is 0.416 e. The summed E-state index contributed by atoms with van der Waals surface area (Å²) in [6, 6.07) is 14.7. The second-order valence-electron chi connectivity index (χ2n) is 7.72. The highest BCUT2D eigenvalue weighted by atomic mass is 35.5. The van der Waals surface area contributed by atoms with Crippen LogP contribution in [-0.4, -0.2) is 5.91 Å². The van der Waals surface area contributed by atoms with Gasteiger partial charge >= 0.3 is 6.18 Å². The number of nitrogens with one attached hydrogen (secondary N) is 1. The maximum atomic E-state index is 12.9. The molecule has 0 unspecified atom stereocenters. The van der Waals surface area contributed by atoms with Gasteiger partial charge in [-0.2, -0.15) is 18.4 Å². The Kier molecular flexibility index (Phi) is 8.11. The van der Waals surface area contributed by atoms with Gasteiger partial charge in [0.2, 0.25) is 0 Å². The number of hydrogen-bond donors (Lipinski definition) is 1. The van der Waals surface area contributed by atoms with Crippen molar-refractivity contribution in [2.75, 3.05) is 5.32 Å². The SMILES string of the molecule is Cc1cc(/C=C(\C#N)C(=O)Nc2cccc(C(F)(F)F)c2)cc(C)c1OCc1ccc(Cl)c(Cl)c1. The number of amides is 1. The van der Waals surface area contributed by atoms with Crippen LogP contribution >= 0.6 is 23.2 Å². The number of rotatable bonds is 6. The molecule has 9 heteroatoms. The Hall–Kier alpha value is -3.47. The van der Waals surface area contributed by atoms with Crippen LogP contribution in [0.4, 0.5) is 18.9 Å². The number of nitriles is 1. The molecule has 0 aromatic heterocycles. The highest BCUT2D eigenvalue weighted by Gasteiger charge is 2.30. The number of benzene rings is 3. The summed E-state index contributed by atoms with van der Waals surface area (Å²) in [6.45, 7) is 3.91. The Morgan fingerprint density at radius 3 is 2.34 bits per heavy atom. The number of aryl methyl sites for hydroxylation is 2. The molecule has 0 heterocycles. The molecule has 1 amide bonds. The lowest BCUT2D eigenvalue weighted by molar-refractivity contribution is -0.137. The monoisotopic (exact) mass is 518 g/mol. The molecular formula is C26H19Cl2F3N2O2. The Morgan fingerprint density at radius 2 is 1.74 bits per heavy atom. The van der Waals surface area contributed by atoms with Crippen LogP contribution in [0.2, 0.25) is 10.0 Å². The molecule has 0 saturated carbocycles. The van der Waals surface area contributed by atoms with E-state index in [-0.39, 0.29) is 17.9 Å². The molecule has 0 aliphatic carbocycles. The summed E-state index contributed by atoms with van der Waals surface area (Å²) in [5, 5.41) is 12.7. The topological polar surface area (TPSA) is 62.1 Å². The van der Waals surface area contributed by atoms with Crippen molar-refractivity contribution in [3.8, 4) is 11.8 Å². The van der Waals surface area contributed by atoms with Crippen molar-refractivity contribution < 1.29 is 22.7 Å². The molecule has 0 aliphatic rings. The molecule has 35 heavy (non-hydrogen) atoms. The van der Waals surface area contributed by atoms with E-state index in [2.05, 4.69) is 5.32 Å². The maximum Gasteiger partial charge on any atom is 0.416 e. The van der Waals surface area contributed by atoms with E-state index in [0.717, 1.165) is 28.8 Å². The average Bonchev–Trinajstić information content (AvgIpc) is 2.78. The van der Waals surface area contributed by atoms with Gasteiger partial charge in [0.25, 0.3) is 5.91 Å². The Labute approximate surface area is 210 Å². The zero-order valence-corrected chi connectivity index (χ0v) is 20.1. The first-order valence-corrected chi connectivity index (χ1v) is 11.0. The molecule has 3 rings (SSSR count). The second-order valence-corrected chi connectivity index (χ2v) is 8.54. The standard InChI is InChI=1S/C26H19Cl2F3N2O2/c1-15-8-18(9-16(2)24(15)35-14-17-6-7-22(27)23(28)11-17)10-19(13-32)25(34)33-21-5-3-4-20(12-21)26(29,30)31/h3-12H,14H2,1-2H3,(H,33,34)/b19-10+. The Morgan fingerprint density at radius 1 is 1.06 bits per heavy atom. The van der Waals surface area contributed by atoms with Crippen molar-refractivity contribution in [2.45, 2.75) is 26.6 Å². The van der Waals surface area contributed by atoms with Gasteiger partial charge in [0.1, 0.15) is 24.0 Å². The van der Waals surface area contributed by atoms with Crippen LogP contribution in [0.25, 0.3) is 6.08 Å². The highest BCUT2D eigenvalue weighted by molar-refractivity contribution is 6.42. The van der Waals surface area contributed by atoms with Crippen LogP contribution in [0, 0.1) is 25.2 Å². The lowest BCUT2D eigenvalue weighted by atomic mass is 10.0. The van der Waals surface area contributed by atoms with Gasteiger partial charge in [0, 0.05) is 5.69 Å². The molecule has 0 aliphatic heterocycles. The zero-order chi connectivity index (χ0) is 25.8. The third-order valence-electron chi connectivity index (χ3n) is 4.97. The van der Waals surface area contributed by atoms with E-state index in [1.807, 2.05) is 13.8 Å². The molecule has 0 atom stereocenters. The van der Waals surface area contributed by atoms with Gasteiger partial charge in [0.05, 0.1) is 15.6 Å². The minimum Gasteiger partial charge on any atom is -0.488 e. The van der Waals surface area contributed by atoms with Crippen molar-refractivity contribution >= 4 is 40.9 Å². The summed E-state index contributed by atoms with van der Waals surface area (Å²) in [6.07, 6.45) is -3.18. The van der Waals surface area contributed by atoms with Gasteiger partial charge in [-0.15, -0.1) is 0 Å². The molecule has 0 fully saturated rings. The van der Waals surface area contributed by atoms with Crippen LogP contribution in [0.3, 0.4) is 0 Å². The number of carbonyl (C=O) groups excluding carboxylic acids is 1. The minimum absolute atomic E-state index is 0.0654. The van der Waals surface area contributed by atoms with Crippen LogP contribution in [0.15, 0.2) is 60.2 Å². The number of ether oxygens (including phenoxy) is 1. The fraction of sp³-hybridized carbons (Fsp3) is 0.154. The van der Waals surface area contributed by atoms with Crippen LogP contribution in [0.1, 0.15) is 27.8 Å². The minimum atomic E-state index is -4.55. The molecular weight excluding hydrogens is 500 g/mol. The van der Waals surface area contributed by atoms with Crippen LogP contribution < -0.4 is 10.1 Å². The van der Waals surface area contributed by atoms with E-state index in [1.165, 1.54) is 18.2 Å². The number of halogens is 5. The van der Waals surface area contributed by atoms with Gasteiger partial charge in [-0.25, -0.2) is 0 Å². The van der Waals surface area contributed by atoms with E-state index < -0.39 is 17.6 Å². The fourth-order valence-electron chi connectivity index (χ4n) is 3.37. The number of hydrogen-bond acceptors (Lipinski definition) is 3. The summed E-state index contributed by atoms with van der Waals surface area (Å²) < 4.78 is 44.7. The molecule has 3 aromatic carbocycles. The number of nitrogens with zero attached hydrogens (tertiary/aromatic N) is 1. The Bertz CT molecular complexity index is 1320. The third kappa shape index (κ3) is 6.78. The normalized spacial score (nSPS) is 11.7. The first-order valence-electron chi connectivity index (χ1n) is 10.3. The van der Waals surface area contributed by atoms with Gasteiger partial charge < -0.3 is 10.1 Å². The molecule has 180 valence electrons. The van der Waals surface area contributed by atoms with E-state index in [9.17, 15) is 23.2 Å².